The van der Waals surface area contributed by atoms with Gasteiger partial charge in [0.2, 0.25) is 0 Å². The van der Waals surface area contributed by atoms with Gasteiger partial charge in [-0.1, -0.05) is 48.0 Å². The lowest BCUT2D eigenvalue weighted by Gasteiger charge is -2.47. The summed E-state index contributed by atoms with van der Waals surface area (Å²) >= 11 is 0. The van der Waals surface area contributed by atoms with Crippen LogP contribution in [0.2, 0.25) is 0 Å². The predicted octanol–water partition coefficient (Wildman–Crippen LogP) is 3.69. The van der Waals surface area contributed by atoms with E-state index >= 15 is 0 Å². The van der Waals surface area contributed by atoms with Crippen molar-refractivity contribution in [2.24, 2.45) is 23.2 Å². The van der Waals surface area contributed by atoms with Gasteiger partial charge in [0.05, 0.1) is 0 Å². The maximum Gasteiger partial charge on any atom is 0.0149 e. The van der Waals surface area contributed by atoms with Gasteiger partial charge in [-0.05, 0) is 36.1 Å². The second-order valence-corrected chi connectivity index (χ2v) is 6.58. The van der Waals surface area contributed by atoms with Gasteiger partial charge in [0.15, 0.2) is 0 Å². The fraction of sp³-hybridized carbons (Fsp3) is 1.00. The zero-order chi connectivity index (χ0) is 11.6. The Labute approximate surface area is 96.0 Å². The summed E-state index contributed by atoms with van der Waals surface area (Å²) in [6.07, 6.45) is 2.71. The van der Waals surface area contributed by atoms with Gasteiger partial charge in [-0.2, -0.15) is 0 Å². The van der Waals surface area contributed by atoms with E-state index in [-0.39, 0.29) is 0 Å². The van der Waals surface area contributed by atoms with Gasteiger partial charge in [-0.25, -0.2) is 0 Å². The average molecular weight is 211 g/mol. The zero-order valence-corrected chi connectivity index (χ0v) is 11.4. The summed E-state index contributed by atoms with van der Waals surface area (Å²) in [4.78, 5) is 0. The molecule has 1 rings (SSSR count). The molecule has 1 aliphatic rings. The molecule has 0 aromatic rings. The van der Waals surface area contributed by atoms with Gasteiger partial charge >= 0.3 is 0 Å². The summed E-state index contributed by atoms with van der Waals surface area (Å²) in [5.41, 5.74) is 0.392. The van der Waals surface area contributed by atoms with E-state index in [0.29, 0.717) is 11.5 Å². The van der Waals surface area contributed by atoms with Crippen LogP contribution in [0.5, 0.6) is 0 Å². The minimum Gasteiger partial charge on any atom is -0.313 e. The summed E-state index contributed by atoms with van der Waals surface area (Å²) in [5.74, 6) is 2.58. The maximum absolute atomic E-state index is 3.75. The van der Waals surface area contributed by atoms with Crippen LogP contribution in [0.25, 0.3) is 0 Å². The topological polar surface area (TPSA) is 12.0 Å². The second kappa shape index (κ2) is 4.86. The van der Waals surface area contributed by atoms with Crippen LogP contribution in [0.15, 0.2) is 0 Å². The lowest BCUT2D eigenvalue weighted by atomic mass is 9.66. The molecular formula is C14H29N. The molecule has 0 radical (unpaired) electrons. The molecule has 0 bridgehead atoms. The summed E-state index contributed by atoms with van der Waals surface area (Å²) < 4.78 is 0. The molecule has 1 nitrogen and oxygen atoms in total. The largest absolute Gasteiger partial charge is 0.313 e. The van der Waals surface area contributed by atoms with Crippen molar-refractivity contribution in [3.05, 3.63) is 0 Å². The number of rotatable bonds is 2. The van der Waals surface area contributed by atoms with Crippen LogP contribution in [0.3, 0.4) is 0 Å². The van der Waals surface area contributed by atoms with Gasteiger partial charge in [-0.3, -0.25) is 0 Å². The van der Waals surface area contributed by atoms with E-state index in [2.05, 4.69) is 46.9 Å². The molecule has 90 valence electrons. The Bertz CT molecular complexity index is 190. The quantitative estimate of drug-likeness (QED) is 0.734. The first-order valence-electron chi connectivity index (χ1n) is 6.61. The Hall–Kier alpha value is -0.0400. The first-order valence-corrected chi connectivity index (χ1v) is 6.61. The molecule has 1 heteroatoms. The molecule has 0 aliphatic carbocycles. The van der Waals surface area contributed by atoms with Gasteiger partial charge in [-0.15, -0.1) is 0 Å². The Morgan fingerprint density at radius 3 is 2.27 bits per heavy atom. The van der Waals surface area contributed by atoms with Crippen molar-refractivity contribution in [1.82, 2.24) is 5.32 Å². The highest BCUT2D eigenvalue weighted by Gasteiger charge is 2.39. The van der Waals surface area contributed by atoms with E-state index in [4.69, 9.17) is 0 Å². The molecule has 0 spiro atoms. The third-order valence-electron chi connectivity index (χ3n) is 4.04. The predicted molar refractivity (Wildman–Crippen MR) is 68.0 cm³/mol. The summed E-state index contributed by atoms with van der Waals surface area (Å²) in [7, 11) is 0. The number of nitrogens with one attached hydrogen (secondary N) is 1. The first-order chi connectivity index (χ1) is 6.88. The van der Waals surface area contributed by atoms with Gasteiger partial charge < -0.3 is 5.32 Å². The third kappa shape index (κ3) is 2.96. The van der Waals surface area contributed by atoms with Gasteiger partial charge in [0, 0.05) is 6.04 Å². The zero-order valence-electron chi connectivity index (χ0n) is 11.4. The molecule has 3 atom stereocenters. The smallest absolute Gasteiger partial charge is 0.0149 e. The van der Waals surface area contributed by atoms with Crippen molar-refractivity contribution in [1.29, 1.82) is 0 Å². The van der Waals surface area contributed by atoms with E-state index in [1.165, 1.54) is 19.4 Å². The second-order valence-electron chi connectivity index (χ2n) is 6.58. The monoisotopic (exact) mass is 211 g/mol. The number of hydrogen-bond donors (Lipinski definition) is 1. The molecule has 1 saturated heterocycles. The summed E-state index contributed by atoms with van der Waals surface area (Å²) in [5, 5.41) is 3.75. The van der Waals surface area contributed by atoms with Crippen molar-refractivity contribution in [3.63, 3.8) is 0 Å². The Balaban J connectivity index is 2.84. The average Bonchev–Trinajstić information content (AvgIpc) is 2.15. The number of hydrogen-bond acceptors (Lipinski definition) is 1. The molecule has 0 aromatic heterocycles. The molecule has 1 aliphatic heterocycles. The summed E-state index contributed by atoms with van der Waals surface area (Å²) in [6.45, 7) is 15.5. The molecule has 0 amide bonds. The van der Waals surface area contributed by atoms with Crippen molar-refractivity contribution in [3.8, 4) is 0 Å². The van der Waals surface area contributed by atoms with E-state index in [1.807, 2.05) is 0 Å². The highest BCUT2D eigenvalue weighted by Crippen LogP contribution is 2.39. The van der Waals surface area contributed by atoms with Crippen LogP contribution in [-0.2, 0) is 0 Å². The Morgan fingerprint density at radius 2 is 1.87 bits per heavy atom. The molecular weight excluding hydrogens is 182 g/mol. The van der Waals surface area contributed by atoms with E-state index < -0.39 is 0 Å². The molecule has 0 aromatic carbocycles. The highest BCUT2D eigenvalue weighted by atomic mass is 15.0. The molecule has 0 saturated carbocycles. The number of piperidine rings is 1. The van der Waals surface area contributed by atoms with Gasteiger partial charge in [0.1, 0.15) is 0 Å². The Kier molecular flexibility index (Phi) is 4.22. The third-order valence-corrected chi connectivity index (χ3v) is 4.04. The lowest BCUT2D eigenvalue weighted by Crippen LogP contribution is -2.54. The molecule has 3 unspecified atom stereocenters. The normalized spacial score (nSPS) is 33.4. The van der Waals surface area contributed by atoms with Crippen molar-refractivity contribution in [2.75, 3.05) is 6.54 Å². The maximum atomic E-state index is 3.75. The minimum absolute atomic E-state index is 0.392. The Morgan fingerprint density at radius 1 is 1.27 bits per heavy atom. The molecule has 1 fully saturated rings. The van der Waals surface area contributed by atoms with Crippen LogP contribution >= 0.6 is 0 Å². The molecule has 15 heavy (non-hydrogen) atoms. The van der Waals surface area contributed by atoms with Crippen LogP contribution < -0.4 is 5.32 Å². The first kappa shape index (κ1) is 13.0. The fourth-order valence-corrected chi connectivity index (χ4v) is 3.31. The van der Waals surface area contributed by atoms with Crippen LogP contribution in [-0.4, -0.2) is 12.6 Å². The molecule has 1 N–H and O–H groups in total. The van der Waals surface area contributed by atoms with Crippen molar-refractivity contribution >= 4 is 0 Å². The highest BCUT2D eigenvalue weighted by molar-refractivity contribution is 4.94. The lowest BCUT2D eigenvalue weighted by molar-refractivity contribution is 0.0676. The van der Waals surface area contributed by atoms with E-state index in [9.17, 15) is 0 Å². The fourth-order valence-electron chi connectivity index (χ4n) is 3.31. The van der Waals surface area contributed by atoms with Gasteiger partial charge in [0.25, 0.3) is 0 Å². The van der Waals surface area contributed by atoms with E-state index in [1.54, 1.807) is 0 Å². The van der Waals surface area contributed by atoms with Crippen LogP contribution in [0.1, 0.15) is 54.4 Å². The van der Waals surface area contributed by atoms with Crippen LogP contribution in [0, 0.1) is 23.2 Å². The van der Waals surface area contributed by atoms with Crippen molar-refractivity contribution < 1.29 is 0 Å². The minimum atomic E-state index is 0.392. The van der Waals surface area contributed by atoms with Crippen molar-refractivity contribution in [2.45, 2.75) is 60.4 Å². The molecule has 1 heterocycles. The van der Waals surface area contributed by atoms with Crippen LogP contribution in [0.4, 0.5) is 0 Å². The summed E-state index contributed by atoms with van der Waals surface area (Å²) in [6, 6.07) is 0.691. The van der Waals surface area contributed by atoms with E-state index in [0.717, 1.165) is 17.8 Å². The standard InChI is InChI=1S/C14H29N/c1-7-11-8-9-15-13(14(4,5)6)12(11)10(2)3/h10-13,15H,7-9H2,1-6H3. The SMILES string of the molecule is CCC1CCNC(C(C)(C)C)C1C(C)C.